The average Bonchev–Trinajstić information content (AvgIpc) is 2.50. The molecular formula is C17H34N2O. The van der Waals surface area contributed by atoms with E-state index in [1.54, 1.807) is 0 Å². The lowest BCUT2D eigenvalue weighted by molar-refractivity contribution is 0.102. The van der Waals surface area contributed by atoms with Crippen molar-refractivity contribution in [1.82, 2.24) is 5.32 Å². The van der Waals surface area contributed by atoms with Crippen LogP contribution in [0.15, 0.2) is 0 Å². The molecule has 2 aliphatic rings. The van der Waals surface area contributed by atoms with Gasteiger partial charge in [0.15, 0.2) is 0 Å². The van der Waals surface area contributed by atoms with Gasteiger partial charge in [0.2, 0.25) is 0 Å². The molecular weight excluding hydrogens is 248 g/mol. The van der Waals surface area contributed by atoms with Gasteiger partial charge in [0.1, 0.15) is 0 Å². The predicted molar refractivity (Wildman–Crippen MR) is 84.6 cm³/mol. The zero-order valence-electron chi connectivity index (χ0n) is 13.2. The van der Waals surface area contributed by atoms with Crippen molar-refractivity contribution >= 4 is 0 Å². The summed E-state index contributed by atoms with van der Waals surface area (Å²) in [4.78, 5) is 0. The van der Waals surface area contributed by atoms with Crippen molar-refractivity contribution in [2.24, 2.45) is 17.6 Å². The maximum Gasteiger partial charge on any atom is 0.0474 e. The summed E-state index contributed by atoms with van der Waals surface area (Å²) < 4.78 is 0. The number of aliphatic hydroxyl groups is 1. The largest absolute Gasteiger partial charge is 0.396 e. The van der Waals surface area contributed by atoms with E-state index in [-0.39, 0.29) is 5.54 Å². The Kier molecular flexibility index (Phi) is 6.31. The maximum atomic E-state index is 9.59. The second kappa shape index (κ2) is 7.77. The van der Waals surface area contributed by atoms with Gasteiger partial charge < -0.3 is 16.2 Å². The zero-order chi connectivity index (χ0) is 14.4. The summed E-state index contributed by atoms with van der Waals surface area (Å²) in [6, 6.07) is 0.486. The highest BCUT2D eigenvalue weighted by molar-refractivity contribution is 4.97. The molecule has 0 spiro atoms. The second-order valence-corrected chi connectivity index (χ2v) is 7.19. The molecule has 2 atom stereocenters. The third kappa shape index (κ3) is 3.96. The Morgan fingerprint density at radius 3 is 2.45 bits per heavy atom. The van der Waals surface area contributed by atoms with Gasteiger partial charge in [-0.05, 0) is 50.4 Å². The molecule has 0 aliphatic heterocycles. The number of nitrogens with one attached hydrogen (secondary N) is 1. The standard InChI is InChI=1S/C17H34N2O/c1-2-5-14-8-10-17(13-18,11-9-14)19-16-7-4-3-6-15(16)12-20/h14-16,19-20H,2-13,18H2,1H3. The molecule has 0 saturated heterocycles. The van der Waals surface area contributed by atoms with E-state index in [1.165, 1.54) is 64.2 Å². The summed E-state index contributed by atoms with van der Waals surface area (Å²) in [6.45, 7) is 3.37. The predicted octanol–water partition coefficient (Wildman–Crippen LogP) is 2.81. The fourth-order valence-corrected chi connectivity index (χ4v) is 4.34. The van der Waals surface area contributed by atoms with Crippen LogP contribution in [0.2, 0.25) is 0 Å². The molecule has 0 heterocycles. The Morgan fingerprint density at radius 2 is 1.85 bits per heavy atom. The minimum atomic E-state index is 0.152. The van der Waals surface area contributed by atoms with Gasteiger partial charge in [-0.1, -0.05) is 32.6 Å². The molecule has 0 aromatic carbocycles. The minimum absolute atomic E-state index is 0.152. The number of aliphatic hydroxyl groups excluding tert-OH is 1. The molecule has 3 nitrogen and oxygen atoms in total. The molecule has 2 rings (SSSR count). The molecule has 118 valence electrons. The Morgan fingerprint density at radius 1 is 1.15 bits per heavy atom. The topological polar surface area (TPSA) is 58.3 Å². The van der Waals surface area contributed by atoms with Crippen LogP contribution in [0.5, 0.6) is 0 Å². The molecule has 0 aromatic heterocycles. The van der Waals surface area contributed by atoms with E-state index >= 15 is 0 Å². The van der Waals surface area contributed by atoms with Crippen LogP contribution in [-0.4, -0.2) is 29.8 Å². The van der Waals surface area contributed by atoms with Crippen LogP contribution in [0.4, 0.5) is 0 Å². The summed E-state index contributed by atoms with van der Waals surface area (Å²) in [5, 5.41) is 13.5. The van der Waals surface area contributed by atoms with Gasteiger partial charge in [-0.15, -0.1) is 0 Å². The van der Waals surface area contributed by atoms with Gasteiger partial charge in [0.05, 0.1) is 0 Å². The van der Waals surface area contributed by atoms with Gasteiger partial charge in [0, 0.05) is 24.7 Å². The van der Waals surface area contributed by atoms with Crippen LogP contribution in [-0.2, 0) is 0 Å². The van der Waals surface area contributed by atoms with E-state index in [0.29, 0.717) is 18.6 Å². The van der Waals surface area contributed by atoms with E-state index in [0.717, 1.165) is 12.5 Å². The quantitative estimate of drug-likeness (QED) is 0.702. The normalized spacial score (nSPS) is 38.9. The second-order valence-electron chi connectivity index (χ2n) is 7.19. The lowest BCUT2D eigenvalue weighted by Crippen LogP contribution is -2.59. The number of nitrogens with two attached hydrogens (primary N) is 1. The van der Waals surface area contributed by atoms with Gasteiger partial charge >= 0.3 is 0 Å². The van der Waals surface area contributed by atoms with Gasteiger partial charge in [-0.3, -0.25) is 0 Å². The van der Waals surface area contributed by atoms with Crippen molar-refractivity contribution in [3.05, 3.63) is 0 Å². The summed E-state index contributed by atoms with van der Waals surface area (Å²) >= 11 is 0. The van der Waals surface area contributed by atoms with E-state index < -0.39 is 0 Å². The summed E-state index contributed by atoms with van der Waals surface area (Å²) in [5.41, 5.74) is 6.29. The van der Waals surface area contributed by atoms with Crippen molar-refractivity contribution in [3.8, 4) is 0 Å². The van der Waals surface area contributed by atoms with Crippen LogP contribution in [0.3, 0.4) is 0 Å². The first-order valence-corrected chi connectivity index (χ1v) is 8.81. The van der Waals surface area contributed by atoms with Crippen LogP contribution in [0.1, 0.15) is 71.1 Å². The molecule has 2 saturated carbocycles. The summed E-state index contributed by atoms with van der Waals surface area (Å²) in [6.07, 6.45) is 12.8. The van der Waals surface area contributed by atoms with E-state index in [1.807, 2.05) is 0 Å². The van der Waals surface area contributed by atoms with Crippen LogP contribution < -0.4 is 11.1 Å². The number of rotatable bonds is 6. The summed E-state index contributed by atoms with van der Waals surface area (Å²) in [7, 11) is 0. The number of hydrogen-bond acceptors (Lipinski definition) is 3. The lowest BCUT2D eigenvalue weighted by atomic mass is 9.73. The first kappa shape index (κ1) is 16.3. The van der Waals surface area contributed by atoms with Gasteiger partial charge in [0.25, 0.3) is 0 Å². The smallest absolute Gasteiger partial charge is 0.0474 e. The first-order chi connectivity index (χ1) is 9.73. The molecule has 2 unspecified atom stereocenters. The average molecular weight is 282 g/mol. The monoisotopic (exact) mass is 282 g/mol. The Bertz CT molecular complexity index is 274. The van der Waals surface area contributed by atoms with E-state index in [9.17, 15) is 5.11 Å². The summed E-state index contributed by atoms with van der Waals surface area (Å²) in [5.74, 6) is 1.36. The molecule has 0 amide bonds. The van der Waals surface area contributed by atoms with Gasteiger partial charge in [-0.2, -0.15) is 0 Å². The zero-order valence-corrected chi connectivity index (χ0v) is 13.2. The number of hydrogen-bond donors (Lipinski definition) is 3. The van der Waals surface area contributed by atoms with Gasteiger partial charge in [-0.25, -0.2) is 0 Å². The van der Waals surface area contributed by atoms with Crippen LogP contribution in [0.25, 0.3) is 0 Å². The third-order valence-electron chi connectivity index (χ3n) is 5.79. The third-order valence-corrected chi connectivity index (χ3v) is 5.79. The molecule has 0 aromatic rings. The lowest BCUT2D eigenvalue weighted by Gasteiger charge is -2.45. The van der Waals surface area contributed by atoms with E-state index in [4.69, 9.17) is 5.73 Å². The highest BCUT2D eigenvalue weighted by Crippen LogP contribution is 2.36. The molecule has 2 fully saturated rings. The maximum absolute atomic E-state index is 9.59. The molecule has 4 N–H and O–H groups in total. The SMILES string of the molecule is CCCC1CCC(CN)(NC2CCCCC2CO)CC1. The highest BCUT2D eigenvalue weighted by atomic mass is 16.3. The minimum Gasteiger partial charge on any atom is -0.396 e. The fraction of sp³-hybridized carbons (Fsp3) is 1.00. The molecule has 0 bridgehead atoms. The van der Waals surface area contributed by atoms with Crippen LogP contribution in [0, 0.1) is 11.8 Å². The van der Waals surface area contributed by atoms with Crippen molar-refractivity contribution in [2.75, 3.05) is 13.2 Å². The first-order valence-electron chi connectivity index (χ1n) is 8.81. The molecule has 0 radical (unpaired) electrons. The Hall–Kier alpha value is -0.120. The van der Waals surface area contributed by atoms with Crippen molar-refractivity contribution in [2.45, 2.75) is 82.7 Å². The van der Waals surface area contributed by atoms with E-state index in [2.05, 4.69) is 12.2 Å². The van der Waals surface area contributed by atoms with Crippen molar-refractivity contribution < 1.29 is 5.11 Å². The molecule has 20 heavy (non-hydrogen) atoms. The van der Waals surface area contributed by atoms with Crippen molar-refractivity contribution in [3.63, 3.8) is 0 Å². The Balaban J connectivity index is 1.91. The Labute approximate surface area is 124 Å². The molecule has 3 heteroatoms. The van der Waals surface area contributed by atoms with Crippen molar-refractivity contribution in [1.29, 1.82) is 0 Å². The highest BCUT2D eigenvalue weighted by Gasteiger charge is 2.37. The molecule has 2 aliphatic carbocycles. The fourth-order valence-electron chi connectivity index (χ4n) is 4.34. The van der Waals surface area contributed by atoms with Crippen LogP contribution >= 0.6 is 0 Å².